The molecule has 0 saturated heterocycles. The van der Waals surface area contributed by atoms with Gasteiger partial charge in [0.25, 0.3) is 5.91 Å². The van der Waals surface area contributed by atoms with Crippen molar-refractivity contribution < 1.29 is 14.3 Å². The minimum atomic E-state index is -0.400. The van der Waals surface area contributed by atoms with Crippen LogP contribution in [0.2, 0.25) is 0 Å². The molecule has 1 aliphatic heterocycles. The molecule has 0 unspecified atom stereocenters. The summed E-state index contributed by atoms with van der Waals surface area (Å²) in [4.78, 5) is 34.6. The average Bonchev–Trinajstić information content (AvgIpc) is 3.73. The molecule has 2 amide bonds. The maximum absolute atomic E-state index is 13.4. The number of benzene rings is 2. The van der Waals surface area contributed by atoms with E-state index >= 15 is 0 Å². The third-order valence-electron chi connectivity index (χ3n) is 5.45. The number of amides is 2. The highest BCUT2D eigenvalue weighted by Gasteiger charge is 2.35. The quantitative estimate of drug-likeness (QED) is 0.160. The van der Waals surface area contributed by atoms with Crippen LogP contribution in [0.4, 0.5) is 10.3 Å². The lowest BCUT2D eigenvalue weighted by molar-refractivity contribution is -0.112. The van der Waals surface area contributed by atoms with Gasteiger partial charge >= 0.3 is 5.91 Å². The highest BCUT2D eigenvalue weighted by atomic mass is 32.1. The van der Waals surface area contributed by atoms with Gasteiger partial charge in [0.2, 0.25) is 10.3 Å². The lowest BCUT2D eigenvalue weighted by atomic mass is 10.1. The van der Waals surface area contributed by atoms with Gasteiger partial charge in [-0.1, -0.05) is 48.5 Å². The first kappa shape index (κ1) is 26.1. The SMILES string of the molecule is C=CCOCCNC(=O)c1ccc(-c2csc(N3N=C(c4ccccc4)/C(=N\Nc4nccs4)C3=O)n2)cc1. The Bertz CT molecular complexity index is 1510. The molecule has 2 N–H and O–H groups in total. The molecule has 0 fully saturated rings. The highest BCUT2D eigenvalue weighted by Crippen LogP contribution is 2.30. The molecule has 0 bridgehead atoms. The predicted molar refractivity (Wildman–Crippen MR) is 155 cm³/mol. The van der Waals surface area contributed by atoms with Gasteiger partial charge in [0.15, 0.2) is 5.71 Å². The topological polar surface area (TPSA) is 121 Å². The number of nitrogens with zero attached hydrogens (tertiary/aromatic N) is 5. The number of hydrogen-bond acceptors (Lipinski definition) is 10. The number of ether oxygens (including phenoxy) is 1. The molecule has 0 radical (unpaired) electrons. The zero-order valence-electron chi connectivity index (χ0n) is 20.6. The van der Waals surface area contributed by atoms with Crippen molar-refractivity contribution in [2.24, 2.45) is 10.2 Å². The second-order valence-electron chi connectivity index (χ2n) is 8.05. The van der Waals surface area contributed by atoms with Crippen LogP contribution in [-0.2, 0) is 9.53 Å². The van der Waals surface area contributed by atoms with Gasteiger partial charge in [-0.3, -0.25) is 15.0 Å². The number of rotatable bonds is 11. The Hall–Kier alpha value is -4.52. The number of anilines is 2. The molecule has 2 aromatic heterocycles. The molecule has 10 nitrogen and oxygen atoms in total. The Morgan fingerprint density at radius 1 is 1.10 bits per heavy atom. The fourth-order valence-electron chi connectivity index (χ4n) is 3.59. The first-order valence-corrected chi connectivity index (χ1v) is 13.6. The molecule has 2 aromatic carbocycles. The number of aromatic nitrogens is 2. The second kappa shape index (κ2) is 12.3. The van der Waals surface area contributed by atoms with Gasteiger partial charge in [-0.25, -0.2) is 9.97 Å². The molecule has 39 heavy (non-hydrogen) atoms. The summed E-state index contributed by atoms with van der Waals surface area (Å²) in [7, 11) is 0. The van der Waals surface area contributed by atoms with Crippen LogP contribution >= 0.6 is 22.7 Å². The summed E-state index contributed by atoms with van der Waals surface area (Å²) in [6.07, 6.45) is 3.31. The van der Waals surface area contributed by atoms with Crippen LogP contribution in [-0.4, -0.2) is 53.0 Å². The smallest absolute Gasteiger partial charge is 0.303 e. The Balaban J connectivity index is 1.32. The molecule has 0 saturated carbocycles. The van der Waals surface area contributed by atoms with Gasteiger partial charge in [0.05, 0.1) is 18.9 Å². The summed E-state index contributed by atoms with van der Waals surface area (Å²) in [5.74, 6) is -0.589. The van der Waals surface area contributed by atoms with E-state index in [0.717, 1.165) is 11.1 Å². The van der Waals surface area contributed by atoms with Crippen molar-refractivity contribution in [2.45, 2.75) is 0 Å². The third-order valence-corrected chi connectivity index (χ3v) is 6.94. The summed E-state index contributed by atoms with van der Waals surface area (Å²) < 4.78 is 5.28. The molecular weight excluding hydrogens is 534 g/mol. The molecule has 5 rings (SSSR count). The fraction of sp³-hybridized carbons (Fsp3) is 0.111. The van der Waals surface area contributed by atoms with Crippen LogP contribution in [0, 0.1) is 0 Å². The monoisotopic (exact) mass is 557 g/mol. The van der Waals surface area contributed by atoms with Gasteiger partial charge in [-0.05, 0) is 12.1 Å². The minimum Gasteiger partial charge on any atom is -0.376 e. The molecule has 0 spiro atoms. The summed E-state index contributed by atoms with van der Waals surface area (Å²) in [6.45, 7) is 4.85. The summed E-state index contributed by atoms with van der Waals surface area (Å²) >= 11 is 2.66. The Morgan fingerprint density at radius 2 is 1.92 bits per heavy atom. The fourth-order valence-corrected chi connectivity index (χ4v) is 4.84. The van der Waals surface area contributed by atoms with E-state index in [9.17, 15) is 9.59 Å². The van der Waals surface area contributed by atoms with Crippen molar-refractivity contribution in [2.75, 3.05) is 30.2 Å². The van der Waals surface area contributed by atoms with Crippen molar-refractivity contribution >= 4 is 56.2 Å². The van der Waals surface area contributed by atoms with E-state index in [1.807, 2.05) is 53.2 Å². The number of nitrogens with one attached hydrogen (secondary N) is 2. The molecule has 3 heterocycles. The van der Waals surface area contributed by atoms with Crippen LogP contribution in [0.5, 0.6) is 0 Å². The molecule has 0 atom stereocenters. The highest BCUT2D eigenvalue weighted by molar-refractivity contribution is 7.14. The van der Waals surface area contributed by atoms with Gasteiger partial charge in [0, 0.05) is 40.2 Å². The standard InChI is InChI=1S/C27H23N7O3S2/c1-2-14-37-15-12-28-24(35)20-10-8-18(9-11-20)21-17-39-27(30-21)34-25(36)23(31-32-26-29-13-16-38-26)22(33-34)19-6-4-3-5-7-19/h2-11,13,16-17H,1,12,14-15H2,(H,28,35)(H,29,32)/b31-23+. The van der Waals surface area contributed by atoms with E-state index in [2.05, 4.69) is 37.5 Å². The maximum atomic E-state index is 13.4. The van der Waals surface area contributed by atoms with E-state index in [4.69, 9.17) is 4.74 Å². The zero-order valence-corrected chi connectivity index (χ0v) is 22.2. The van der Waals surface area contributed by atoms with Crippen LogP contribution < -0.4 is 15.8 Å². The van der Waals surface area contributed by atoms with Crippen LogP contribution in [0.3, 0.4) is 0 Å². The largest absolute Gasteiger partial charge is 0.376 e. The first-order valence-electron chi connectivity index (χ1n) is 11.9. The molecular formula is C27H23N7O3S2. The Labute approximate surface area is 232 Å². The van der Waals surface area contributed by atoms with Gasteiger partial charge in [-0.15, -0.1) is 29.3 Å². The number of carbonyl (C=O) groups excluding carboxylic acids is 2. The number of hydrogen-bond donors (Lipinski definition) is 2. The molecule has 12 heteroatoms. The molecule has 196 valence electrons. The van der Waals surface area contributed by atoms with Crippen molar-refractivity contribution in [3.05, 3.63) is 95.3 Å². The van der Waals surface area contributed by atoms with E-state index in [-0.39, 0.29) is 11.6 Å². The molecule has 0 aliphatic carbocycles. The maximum Gasteiger partial charge on any atom is 0.303 e. The van der Waals surface area contributed by atoms with Gasteiger partial charge < -0.3 is 10.1 Å². The van der Waals surface area contributed by atoms with Gasteiger partial charge in [0.1, 0.15) is 5.71 Å². The molecule has 4 aromatic rings. The van der Waals surface area contributed by atoms with Crippen LogP contribution in [0.25, 0.3) is 11.3 Å². The minimum absolute atomic E-state index is 0.165. The Morgan fingerprint density at radius 3 is 2.67 bits per heavy atom. The number of hydrazone groups is 2. The van der Waals surface area contributed by atoms with Gasteiger partial charge in [-0.2, -0.15) is 15.2 Å². The van der Waals surface area contributed by atoms with E-state index < -0.39 is 5.91 Å². The number of thiazole rings is 2. The average molecular weight is 558 g/mol. The summed E-state index contributed by atoms with van der Waals surface area (Å²) in [5.41, 5.74) is 6.20. The normalized spacial score (nSPS) is 13.9. The second-order valence-corrected chi connectivity index (χ2v) is 9.78. The van der Waals surface area contributed by atoms with Crippen molar-refractivity contribution in [1.82, 2.24) is 15.3 Å². The van der Waals surface area contributed by atoms with Crippen molar-refractivity contribution in [3.8, 4) is 11.3 Å². The van der Waals surface area contributed by atoms with E-state index in [1.54, 1.807) is 24.4 Å². The summed E-state index contributed by atoms with van der Waals surface area (Å²) in [6, 6.07) is 16.5. The Kier molecular flexibility index (Phi) is 8.26. The van der Waals surface area contributed by atoms with Crippen molar-refractivity contribution in [1.29, 1.82) is 0 Å². The van der Waals surface area contributed by atoms with Crippen molar-refractivity contribution in [3.63, 3.8) is 0 Å². The predicted octanol–water partition coefficient (Wildman–Crippen LogP) is 4.42. The van der Waals surface area contributed by atoms with Crippen LogP contribution in [0.15, 0.2) is 94.4 Å². The zero-order chi connectivity index (χ0) is 27.0. The first-order chi connectivity index (χ1) is 19.1. The third kappa shape index (κ3) is 6.14. The number of carbonyl (C=O) groups is 2. The lowest BCUT2D eigenvalue weighted by Gasteiger charge is -2.07. The summed E-state index contributed by atoms with van der Waals surface area (Å²) in [5, 5.41) is 17.6. The lowest BCUT2D eigenvalue weighted by Crippen LogP contribution is -2.28. The van der Waals surface area contributed by atoms with E-state index in [1.165, 1.54) is 27.7 Å². The molecule has 1 aliphatic rings. The van der Waals surface area contributed by atoms with Crippen LogP contribution in [0.1, 0.15) is 15.9 Å². The van der Waals surface area contributed by atoms with E-state index in [0.29, 0.717) is 47.0 Å².